The van der Waals surface area contributed by atoms with E-state index in [0.29, 0.717) is 22.1 Å². The van der Waals surface area contributed by atoms with E-state index in [9.17, 15) is 13.2 Å². The Balaban J connectivity index is 1.86. The van der Waals surface area contributed by atoms with Crippen LogP contribution in [0.25, 0.3) is 0 Å². The predicted molar refractivity (Wildman–Crippen MR) is 115 cm³/mol. The zero-order chi connectivity index (χ0) is 21.0. The molecule has 0 saturated heterocycles. The van der Waals surface area contributed by atoms with Gasteiger partial charge in [-0.2, -0.15) is 0 Å². The summed E-state index contributed by atoms with van der Waals surface area (Å²) < 4.78 is 32.9. The van der Waals surface area contributed by atoms with E-state index < -0.39 is 15.9 Å². The predicted octanol–water partition coefficient (Wildman–Crippen LogP) is 5.06. The molecule has 150 valence electrons. The summed E-state index contributed by atoms with van der Waals surface area (Å²) in [6.45, 7) is 0. The summed E-state index contributed by atoms with van der Waals surface area (Å²) in [5.74, 6) is -0.0458. The van der Waals surface area contributed by atoms with Gasteiger partial charge in [0.05, 0.1) is 17.2 Å². The molecule has 0 heterocycles. The first kappa shape index (κ1) is 21.0. The van der Waals surface area contributed by atoms with Gasteiger partial charge >= 0.3 is 0 Å². The number of benzene rings is 3. The third-order valence-corrected chi connectivity index (χ3v) is 6.08. The fourth-order valence-electron chi connectivity index (χ4n) is 2.51. The van der Waals surface area contributed by atoms with Gasteiger partial charge < -0.3 is 10.1 Å². The van der Waals surface area contributed by atoms with E-state index in [1.54, 1.807) is 42.5 Å². The fraction of sp³-hybridized carbons (Fsp3) is 0.0500. The molecule has 2 N–H and O–H groups in total. The molecular formula is C20H16Cl2N2O4S. The highest BCUT2D eigenvalue weighted by atomic mass is 35.5. The molecule has 0 atom stereocenters. The number of hydrogen-bond acceptors (Lipinski definition) is 4. The number of rotatable bonds is 6. The van der Waals surface area contributed by atoms with E-state index in [2.05, 4.69) is 10.0 Å². The second kappa shape index (κ2) is 8.73. The maximum Gasteiger partial charge on any atom is 0.263 e. The van der Waals surface area contributed by atoms with Gasteiger partial charge in [-0.25, -0.2) is 8.42 Å². The highest BCUT2D eigenvalue weighted by Crippen LogP contribution is 2.28. The Morgan fingerprint density at radius 3 is 2.28 bits per heavy atom. The topological polar surface area (TPSA) is 84.5 Å². The molecule has 0 radical (unpaired) electrons. The normalized spacial score (nSPS) is 11.0. The Hall–Kier alpha value is -2.74. The van der Waals surface area contributed by atoms with Crippen LogP contribution in [0.2, 0.25) is 10.0 Å². The maximum atomic E-state index is 12.7. The highest BCUT2D eigenvalue weighted by molar-refractivity contribution is 7.92. The summed E-state index contributed by atoms with van der Waals surface area (Å²) >= 11 is 12.1. The minimum absolute atomic E-state index is 0.00234. The number of ether oxygens (including phenoxy) is 1. The number of carbonyl (C=O) groups excluding carboxylic acids is 1. The standard InChI is InChI=1S/C20H16Cl2N2O4S/c1-28-18-10-8-15(12-17(18)22)23-20(25)13-7-9-16(21)19(11-13)29(26,27)24-14-5-3-2-4-6-14/h2-12,24H,1H3,(H,23,25). The van der Waals surface area contributed by atoms with Crippen LogP contribution in [0.5, 0.6) is 5.75 Å². The van der Waals surface area contributed by atoms with E-state index in [1.807, 2.05) is 0 Å². The van der Waals surface area contributed by atoms with Crippen molar-refractivity contribution in [1.29, 1.82) is 0 Å². The van der Waals surface area contributed by atoms with Crippen LogP contribution in [0.3, 0.4) is 0 Å². The maximum absolute atomic E-state index is 12.7. The van der Waals surface area contributed by atoms with Crippen molar-refractivity contribution in [2.45, 2.75) is 4.90 Å². The minimum atomic E-state index is -3.99. The number of nitrogens with one attached hydrogen (secondary N) is 2. The lowest BCUT2D eigenvalue weighted by Gasteiger charge is -2.12. The molecule has 0 aliphatic heterocycles. The Morgan fingerprint density at radius 1 is 0.897 bits per heavy atom. The lowest BCUT2D eigenvalue weighted by Crippen LogP contribution is -2.16. The van der Waals surface area contributed by atoms with Gasteiger partial charge in [0.2, 0.25) is 0 Å². The van der Waals surface area contributed by atoms with E-state index in [-0.39, 0.29) is 15.5 Å². The van der Waals surface area contributed by atoms with Crippen molar-refractivity contribution < 1.29 is 17.9 Å². The molecule has 0 spiro atoms. The number of methoxy groups -OCH3 is 1. The molecule has 3 aromatic rings. The number of amides is 1. The van der Waals surface area contributed by atoms with Gasteiger partial charge in [-0.05, 0) is 48.5 Å². The largest absolute Gasteiger partial charge is 0.495 e. The van der Waals surface area contributed by atoms with Crippen molar-refractivity contribution in [2.75, 3.05) is 17.1 Å². The molecule has 0 aliphatic carbocycles. The zero-order valence-corrected chi connectivity index (χ0v) is 17.5. The van der Waals surface area contributed by atoms with Gasteiger partial charge in [-0.15, -0.1) is 0 Å². The SMILES string of the molecule is COc1ccc(NC(=O)c2ccc(Cl)c(S(=O)(=O)Nc3ccccc3)c2)cc1Cl. The van der Waals surface area contributed by atoms with Gasteiger partial charge in [0.1, 0.15) is 10.6 Å². The van der Waals surface area contributed by atoms with Gasteiger partial charge in [0.15, 0.2) is 0 Å². The first-order valence-electron chi connectivity index (χ1n) is 8.32. The van der Waals surface area contributed by atoms with Crippen LogP contribution in [-0.2, 0) is 10.0 Å². The van der Waals surface area contributed by atoms with Gasteiger partial charge in [-0.1, -0.05) is 41.4 Å². The quantitative estimate of drug-likeness (QED) is 0.549. The van der Waals surface area contributed by atoms with Crippen molar-refractivity contribution in [3.63, 3.8) is 0 Å². The number of anilines is 2. The third kappa shape index (κ3) is 5.00. The second-order valence-corrected chi connectivity index (χ2v) is 8.39. The molecule has 0 saturated carbocycles. The Labute approximate surface area is 178 Å². The molecule has 0 bridgehead atoms. The van der Waals surface area contributed by atoms with E-state index in [1.165, 1.54) is 31.4 Å². The first-order chi connectivity index (χ1) is 13.8. The van der Waals surface area contributed by atoms with Crippen molar-refractivity contribution in [1.82, 2.24) is 0 Å². The van der Waals surface area contributed by atoms with Crippen molar-refractivity contribution in [3.8, 4) is 5.75 Å². The minimum Gasteiger partial charge on any atom is -0.495 e. The van der Waals surface area contributed by atoms with E-state index >= 15 is 0 Å². The van der Waals surface area contributed by atoms with Gasteiger partial charge in [0.25, 0.3) is 15.9 Å². The number of halogens is 2. The Bertz CT molecular complexity index is 1150. The molecule has 0 fully saturated rings. The van der Waals surface area contributed by atoms with Gasteiger partial charge in [0, 0.05) is 16.9 Å². The molecule has 3 aromatic carbocycles. The number of carbonyl (C=O) groups is 1. The van der Waals surface area contributed by atoms with E-state index in [0.717, 1.165) is 0 Å². The molecule has 0 unspecified atom stereocenters. The second-order valence-electron chi connectivity index (χ2n) is 5.92. The van der Waals surface area contributed by atoms with Crippen LogP contribution in [0.15, 0.2) is 71.6 Å². The average molecular weight is 451 g/mol. The van der Waals surface area contributed by atoms with Crippen molar-refractivity contribution in [2.24, 2.45) is 0 Å². The summed E-state index contributed by atoms with van der Waals surface area (Å²) in [5.41, 5.74) is 0.934. The molecule has 1 amide bonds. The third-order valence-electron chi connectivity index (χ3n) is 3.92. The Kier molecular flexibility index (Phi) is 6.32. The van der Waals surface area contributed by atoms with Crippen molar-refractivity contribution in [3.05, 3.63) is 82.3 Å². The molecule has 0 aromatic heterocycles. The summed E-state index contributed by atoms with van der Waals surface area (Å²) in [4.78, 5) is 12.4. The smallest absolute Gasteiger partial charge is 0.263 e. The number of hydrogen-bond donors (Lipinski definition) is 2. The first-order valence-corrected chi connectivity index (χ1v) is 10.6. The monoisotopic (exact) mass is 450 g/mol. The lowest BCUT2D eigenvalue weighted by molar-refractivity contribution is 0.102. The molecule has 3 rings (SSSR count). The lowest BCUT2D eigenvalue weighted by atomic mass is 10.2. The molecule has 29 heavy (non-hydrogen) atoms. The van der Waals surface area contributed by atoms with Crippen LogP contribution in [0, 0.1) is 0 Å². The van der Waals surface area contributed by atoms with Crippen LogP contribution >= 0.6 is 23.2 Å². The van der Waals surface area contributed by atoms with Crippen LogP contribution < -0.4 is 14.8 Å². The molecule has 9 heteroatoms. The number of para-hydroxylation sites is 1. The summed E-state index contributed by atoms with van der Waals surface area (Å²) in [5, 5.41) is 2.99. The number of sulfonamides is 1. The molecular weight excluding hydrogens is 435 g/mol. The Morgan fingerprint density at radius 2 is 1.62 bits per heavy atom. The zero-order valence-electron chi connectivity index (χ0n) is 15.1. The van der Waals surface area contributed by atoms with Crippen LogP contribution in [-0.4, -0.2) is 21.4 Å². The summed E-state index contributed by atoms with van der Waals surface area (Å²) in [7, 11) is -2.50. The van der Waals surface area contributed by atoms with Gasteiger partial charge in [-0.3, -0.25) is 9.52 Å². The fourth-order valence-corrected chi connectivity index (χ4v) is 4.36. The van der Waals surface area contributed by atoms with Crippen LogP contribution in [0.1, 0.15) is 10.4 Å². The average Bonchev–Trinajstić information content (AvgIpc) is 2.68. The van der Waals surface area contributed by atoms with Crippen LogP contribution in [0.4, 0.5) is 11.4 Å². The summed E-state index contributed by atoms with van der Waals surface area (Å²) in [6, 6.07) is 17.1. The highest BCUT2D eigenvalue weighted by Gasteiger charge is 2.20. The summed E-state index contributed by atoms with van der Waals surface area (Å²) in [6.07, 6.45) is 0. The van der Waals surface area contributed by atoms with Crippen molar-refractivity contribution >= 4 is 50.5 Å². The molecule has 0 aliphatic rings. The molecule has 6 nitrogen and oxygen atoms in total. The van der Waals surface area contributed by atoms with E-state index in [4.69, 9.17) is 27.9 Å².